The fourth-order valence-corrected chi connectivity index (χ4v) is 3.63. The summed E-state index contributed by atoms with van der Waals surface area (Å²) >= 11 is 0. The number of hydrogen-bond acceptors (Lipinski definition) is 1. The number of unbranched alkanes of at least 4 members (excludes halogenated alkanes) is 2. The van der Waals surface area contributed by atoms with E-state index in [2.05, 4.69) is 73.1 Å². The van der Waals surface area contributed by atoms with Crippen molar-refractivity contribution in [1.82, 2.24) is 9.47 Å². The Labute approximate surface area is 175 Å². The first-order valence-corrected chi connectivity index (χ1v) is 10.7. The number of amides is 1. The maximum Gasteiger partial charge on any atom is 0.223 e. The summed E-state index contributed by atoms with van der Waals surface area (Å²) < 4.78 is 2.26. The molecule has 0 saturated carbocycles. The first-order valence-electron chi connectivity index (χ1n) is 10.7. The molecule has 0 spiro atoms. The predicted molar refractivity (Wildman–Crippen MR) is 120 cm³/mol. The number of carbonyl (C=O) groups excluding carboxylic acids is 1. The predicted octanol–water partition coefficient (Wildman–Crippen LogP) is 5.95. The topological polar surface area (TPSA) is 25.2 Å². The van der Waals surface area contributed by atoms with Crippen molar-refractivity contribution >= 4 is 5.91 Å². The first kappa shape index (κ1) is 20.9. The zero-order valence-corrected chi connectivity index (χ0v) is 17.7. The van der Waals surface area contributed by atoms with Gasteiger partial charge in [-0.15, -0.1) is 0 Å². The first-order chi connectivity index (χ1) is 14.2. The smallest absolute Gasteiger partial charge is 0.223 e. The summed E-state index contributed by atoms with van der Waals surface area (Å²) in [5.74, 6) is 0.242. The highest BCUT2D eigenvalue weighted by Crippen LogP contribution is 2.16. The van der Waals surface area contributed by atoms with Crippen molar-refractivity contribution in [3.05, 3.63) is 95.3 Å². The zero-order valence-electron chi connectivity index (χ0n) is 17.7. The summed E-state index contributed by atoms with van der Waals surface area (Å²) in [6.45, 7) is 6.44. The molecule has 0 N–H and O–H groups in total. The van der Waals surface area contributed by atoms with Crippen LogP contribution in [0.2, 0.25) is 0 Å². The number of carbonyl (C=O) groups is 1. The van der Waals surface area contributed by atoms with E-state index in [4.69, 9.17) is 0 Å². The lowest BCUT2D eigenvalue weighted by Gasteiger charge is -2.24. The average molecular weight is 389 g/mol. The van der Waals surface area contributed by atoms with Crippen LogP contribution in [0.25, 0.3) is 0 Å². The molecular formula is C26H32N2O. The van der Waals surface area contributed by atoms with E-state index in [0.717, 1.165) is 25.8 Å². The minimum absolute atomic E-state index is 0.242. The Bertz CT molecular complexity index is 898. The van der Waals surface area contributed by atoms with Crippen molar-refractivity contribution in [3.8, 4) is 0 Å². The summed E-state index contributed by atoms with van der Waals surface area (Å²) in [4.78, 5) is 15.0. The van der Waals surface area contributed by atoms with Gasteiger partial charge < -0.3 is 9.47 Å². The van der Waals surface area contributed by atoms with Crippen LogP contribution in [0.15, 0.2) is 72.9 Å². The van der Waals surface area contributed by atoms with E-state index in [1.54, 1.807) is 0 Å². The fraction of sp³-hybridized carbons (Fsp3) is 0.346. The largest absolute Gasteiger partial charge is 0.345 e. The molecule has 3 nitrogen and oxygen atoms in total. The van der Waals surface area contributed by atoms with Crippen LogP contribution in [0.4, 0.5) is 0 Å². The second-order valence-electron chi connectivity index (χ2n) is 7.75. The Kier molecular flexibility index (Phi) is 7.69. The average Bonchev–Trinajstić information content (AvgIpc) is 3.17. The molecule has 0 atom stereocenters. The highest BCUT2D eigenvalue weighted by molar-refractivity contribution is 5.76. The molecule has 0 fully saturated rings. The maximum atomic E-state index is 13.0. The second kappa shape index (κ2) is 10.7. The molecule has 3 rings (SSSR count). The lowest BCUT2D eigenvalue weighted by atomic mass is 10.1. The summed E-state index contributed by atoms with van der Waals surface area (Å²) in [6.07, 6.45) is 5.94. The van der Waals surface area contributed by atoms with Crippen molar-refractivity contribution in [2.45, 2.75) is 59.2 Å². The quantitative estimate of drug-likeness (QED) is 0.394. The number of nitrogens with zero attached hydrogens (tertiary/aromatic N) is 2. The van der Waals surface area contributed by atoms with E-state index >= 15 is 0 Å². The molecule has 152 valence electrons. The van der Waals surface area contributed by atoms with Gasteiger partial charge in [0.15, 0.2) is 0 Å². The van der Waals surface area contributed by atoms with Gasteiger partial charge in [0.05, 0.1) is 6.54 Å². The van der Waals surface area contributed by atoms with Crippen LogP contribution in [0.5, 0.6) is 0 Å². The highest BCUT2D eigenvalue weighted by Gasteiger charge is 2.16. The SMILES string of the molecule is CCCCCC(=O)N(Cc1ccccc1)Cc1cccn1Cc1ccccc1C. The van der Waals surface area contributed by atoms with Crippen molar-refractivity contribution in [2.24, 2.45) is 0 Å². The van der Waals surface area contributed by atoms with Gasteiger partial charge in [0.25, 0.3) is 0 Å². The Hall–Kier alpha value is -2.81. The standard InChI is InChI=1S/C26H32N2O/c1-3-4-6-17-26(29)28(19-23-13-7-5-8-14-23)21-25-16-11-18-27(25)20-24-15-10-9-12-22(24)2/h5,7-16,18H,3-4,6,17,19-21H2,1-2H3. The van der Waals surface area contributed by atoms with E-state index < -0.39 is 0 Å². The van der Waals surface area contributed by atoms with Crippen LogP contribution >= 0.6 is 0 Å². The summed E-state index contributed by atoms with van der Waals surface area (Å²) in [5.41, 5.74) is 4.96. The molecule has 0 saturated heterocycles. The Morgan fingerprint density at radius 2 is 1.66 bits per heavy atom. The third kappa shape index (κ3) is 6.08. The minimum Gasteiger partial charge on any atom is -0.345 e. The number of hydrogen-bond donors (Lipinski definition) is 0. The molecule has 1 aromatic heterocycles. The lowest BCUT2D eigenvalue weighted by Crippen LogP contribution is -2.30. The van der Waals surface area contributed by atoms with Crippen molar-refractivity contribution in [1.29, 1.82) is 0 Å². The van der Waals surface area contributed by atoms with Gasteiger partial charge in [-0.3, -0.25) is 4.79 Å². The Morgan fingerprint density at radius 3 is 2.41 bits per heavy atom. The van der Waals surface area contributed by atoms with Gasteiger partial charge >= 0.3 is 0 Å². The molecule has 3 heteroatoms. The van der Waals surface area contributed by atoms with Crippen molar-refractivity contribution in [3.63, 3.8) is 0 Å². The number of rotatable bonds is 10. The van der Waals surface area contributed by atoms with Crippen LogP contribution in [0.3, 0.4) is 0 Å². The van der Waals surface area contributed by atoms with Crippen LogP contribution in [0, 0.1) is 6.92 Å². The number of benzene rings is 2. The zero-order chi connectivity index (χ0) is 20.5. The molecule has 0 unspecified atom stereocenters. The van der Waals surface area contributed by atoms with Crippen molar-refractivity contribution in [2.75, 3.05) is 0 Å². The maximum absolute atomic E-state index is 13.0. The monoisotopic (exact) mass is 388 g/mol. The summed E-state index contributed by atoms with van der Waals surface area (Å²) in [6, 6.07) is 23.0. The molecule has 0 aliphatic rings. The van der Waals surface area contributed by atoms with Gasteiger partial charge in [0.2, 0.25) is 5.91 Å². The van der Waals surface area contributed by atoms with Crippen LogP contribution in [-0.2, 0) is 24.4 Å². The molecular weight excluding hydrogens is 356 g/mol. The molecule has 0 radical (unpaired) electrons. The molecule has 29 heavy (non-hydrogen) atoms. The number of aryl methyl sites for hydroxylation is 1. The molecule has 1 heterocycles. The molecule has 0 bridgehead atoms. The van der Waals surface area contributed by atoms with Crippen LogP contribution in [-0.4, -0.2) is 15.4 Å². The van der Waals surface area contributed by atoms with E-state index in [-0.39, 0.29) is 5.91 Å². The van der Waals surface area contributed by atoms with Gasteiger partial charge in [0, 0.05) is 31.4 Å². The lowest BCUT2D eigenvalue weighted by molar-refractivity contribution is -0.132. The van der Waals surface area contributed by atoms with Gasteiger partial charge in [-0.2, -0.15) is 0 Å². The number of aromatic nitrogens is 1. The normalized spacial score (nSPS) is 10.8. The third-order valence-corrected chi connectivity index (χ3v) is 5.44. The highest BCUT2D eigenvalue weighted by atomic mass is 16.2. The molecule has 3 aromatic rings. The van der Waals surface area contributed by atoms with Crippen LogP contribution in [0.1, 0.15) is 55.0 Å². The van der Waals surface area contributed by atoms with E-state index in [9.17, 15) is 4.79 Å². The Balaban J connectivity index is 1.76. The third-order valence-electron chi connectivity index (χ3n) is 5.44. The van der Waals surface area contributed by atoms with Crippen LogP contribution < -0.4 is 0 Å². The molecule has 2 aromatic carbocycles. The van der Waals surface area contributed by atoms with E-state index in [0.29, 0.717) is 19.5 Å². The van der Waals surface area contributed by atoms with E-state index in [1.807, 2.05) is 23.1 Å². The van der Waals surface area contributed by atoms with Gasteiger partial charge in [-0.05, 0) is 42.2 Å². The second-order valence-corrected chi connectivity index (χ2v) is 7.75. The molecule has 0 aliphatic carbocycles. The van der Waals surface area contributed by atoms with Gasteiger partial charge in [-0.1, -0.05) is 74.4 Å². The van der Waals surface area contributed by atoms with E-state index in [1.165, 1.54) is 22.4 Å². The Morgan fingerprint density at radius 1 is 0.897 bits per heavy atom. The fourth-order valence-electron chi connectivity index (χ4n) is 3.63. The summed E-state index contributed by atoms with van der Waals surface area (Å²) in [7, 11) is 0. The molecule has 1 amide bonds. The van der Waals surface area contributed by atoms with Crippen molar-refractivity contribution < 1.29 is 4.79 Å². The van der Waals surface area contributed by atoms with Gasteiger partial charge in [-0.25, -0.2) is 0 Å². The summed E-state index contributed by atoms with van der Waals surface area (Å²) in [5, 5.41) is 0. The molecule has 0 aliphatic heterocycles. The minimum atomic E-state index is 0.242. The van der Waals surface area contributed by atoms with Gasteiger partial charge in [0.1, 0.15) is 0 Å².